The zero-order valence-electron chi connectivity index (χ0n) is 15.2. The van der Waals surface area contributed by atoms with Crippen LogP contribution in [0.15, 0.2) is 30.5 Å². The van der Waals surface area contributed by atoms with Gasteiger partial charge in [-0.15, -0.1) is 5.10 Å². The maximum absolute atomic E-state index is 5.43. The zero-order valence-corrected chi connectivity index (χ0v) is 15.2. The van der Waals surface area contributed by atoms with E-state index < -0.39 is 0 Å². The molecule has 0 atom stereocenters. The quantitative estimate of drug-likeness (QED) is 0.787. The summed E-state index contributed by atoms with van der Waals surface area (Å²) >= 11 is 0. The van der Waals surface area contributed by atoms with Gasteiger partial charge < -0.3 is 14.8 Å². The minimum absolute atomic E-state index is 0.0962. The summed E-state index contributed by atoms with van der Waals surface area (Å²) in [6, 6.07) is 7.87. The molecule has 1 N–H and O–H groups in total. The highest BCUT2D eigenvalue weighted by molar-refractivity contribution is 5.44. The standard InChI is InChI=1S/C19H27N3O2/c1-6-9-19(2,3)15-10-18(22-21-13-15)20-12-14-7-8-16(23-4)11-17(14)24-5/h7-8,10-11,13H,6,9,12H2,1-5H3,(H,20,22). The Morgan fingerprint density at radius 3 is 2.58 bits per heavy atom. The molecule has 2 rings (SSSR count). The van der Waals surface area contributed by atoms with Crippen molar-refractivity contribution in [2.75, 3.05) is 19.5 Å². The van der Waals surface area contributed by atoms with Gasteiger partial charge in [-0.3, -0.25) is 0 Å². The Hall–Kier alpha value is -2.30. The van der Waals surface area contributed by atoms with Crippen LogP contribution in [-0.2, 0) is 12.0 Å². The summed E-state index contributed by atoms with van der Waals surface area (Å²) in [4.78, 5) is 0. The summed E-state index contributed by atoms with van der Waals surface area (Å²) in [6.45, 7) is 7.29. The van der Waals surface area contributed by atoms with Crippen molar-refractivity contribution in [3.05, 3.63) is 41.6 Å². The first-order valence-electron chi connectivity index (χ1n) is 8.28. The summed E-state index contributed by atoms with van der Waals surface area (Å²) in [6.07, 6.45) is 4.11. The van der Waals surface area contributed by atoms with Gasteiger partial charge in [-0.1, -0.05) is 27.2 Å². The molecule has 1 aromatic carbocycles. The van der Waals surface area contributed by atoms with Gasteiger partial charge in [0, 0.05) is 18.2 Å². The molecular weight excluding hydrogens is 302 g/mol. The molecule has 0 aliphatic heterocycles. The fraction of sp³-hybridized carbons (Fsp3) is 0.474. The Balaban J connectivity index is 2.13. The predicted octanol–water partition coefficient (Wildman–Crippen LogP) is 4.18. The molecule has 0 saturated heterocycles. The fourth-order valence-corrected chi connectivity index (χ4v) is 2.78. The number of hydrogen-bond donors (Lipinski definition) is 1. The summed E-state index contributed by atoms with van der Waals surface area (Å²) < 4.78 is 10.7. The van der Waals surface area contributed by atoms with E-state index in [1.807, 2.05) is 24.4 Å². The third kappa shape index (κ3) is 4.37. The molecule has 0 aliphatic rings. The zero-order chi connectivity index (χ0) is 17.6. The third-order valence-corrected chi connectivity index (χ3v) is 4.27. The number of nitrogens with zero attached hydrogens (tertiary/aromatic N) is 2. The van der Waals surface area contributed by atoms with Crippen LogP contribution in [0.5, 0.6) is 11.5 Å². The second-order valence-corrected chi connectivity index (χ2v) is 6.49. The lowest BCUT2D eigenvalue weighted by atomic mass is 9.82. The summed E-state index contributed by atoms with van der Waals surface area (Å²) in [7, 11) is 3.30. The summed E-state index contributed by atoms with van der Waals surface area (Å²) in [5.41, 5.74) is 2.33. The first-order valence-corrected chi connectivity index (χ1v) is 8.28. The number of hydrogen-bond acceptors (Lipinski definition) is 5. The fourth-order valence-electron chi connectivity index (χ4n) is 2.78. The summed E-state index contributed by atoms with van der Waals surface area (Å²) in [5.74, 6) is 2.34. The average molecular weight is 329 g/mol. The number of aromatic nitrogens is 2. The van der Waals surface area contributed by atoms with Gasteiger partial charge in [-0.05, 0) is 35.6 Å². The van der Waals surface area contributed by atoms with Gasteiger partial charge in [0.25, 0.3) is 0 Å². The van der Waals surface area contributed by atoms with Gasteiger partial charge in [0.1, 0.15) is 17.3 Å². The molecule has 0 amide bonds. The number of nitrogens with one attached hydrogen (secondary N) is 1. The normalized spacial score (nSPS) is 11.2. The van der Waals surface area contributed by atoms with E-state index in [2.05, 4.69) is 42.4 Å². The lowest BCUT2D eigenvalue weighted by molar-refractivity contribution is 0.391. The van der Waals surface area contributed by atoms with E-state index in [4.69, 9.17) is 9.47 Å². The Morgan fingerprint density at radius 1 is 1.12 bits per heavy atom. The van der Waals surface area contributed by atoms with Gasteiger partial charge >= 0.3 is 0 Å². The van der Waals surface area contributed by atoms with Gasteiger partial charge in [0.05, 0.1) is 20.4 Å². The first-order chi connectivity index (χ1) is 11.5. The van der Waals surface area contributed by atoms with E-state index in [-0.39, 0.29) is 5.41 Å². The van der Waals surface area contributed by atoms with Crippen molar-refractivity contribution in [1.82, 2.24) is 10.2 Å². The van der Waals surface area contributed by atoms with Crippen molar-refractivity contribution in [1.29, 1.82) is 0 Å². The van der Waals surface area contributed by atoms with Gasteiger partial charge in [0.15, 0.2) is 0 Å². The van der Waals surface area contributed by atoms with Crippen molar-refractivity contribution in [3.63, 3.8) is 0 Å². The van der Waals surface area contributed by atoms with E-state index >= 15 is 0 Å². The third-order valence-electron chi connectivity index (χ3n) is 4.27. The topological polar surface area (TPSA) is 56.3 Å². The highest BCUT2D eigenvalue weighted by Gasteiger charge is 2.20. The van der Waals surface area contributed by atoms with Crippen molar-refractivity contribution in [3.8, 4) is 11.5 Å². The monoisotopic (exact) mass is 329 g/mol. The molecule has 0 bridgehead atoms. The number of rotatable bonds is 8. The molecule has 24 heavy (non-hydrogen) atoms. The van der Waals surface area contributed by atoms with E-state index in [0.29, 0.717) is 6.54 Å². The van der Waals surface area contributed by atoms with Crippen LogP contribution in [0.4, 0.5) is 5.82 Å². The molecule has 0 fully saturated rings. The molecule has 0 aliphatic carbocycles. The van der Waals surface area contributed by atoms with Crippen LogP contribution in [0.25, 0.3) is 0 Å². The second kappa shape index (κ2) is 7.99. The maximum atomic E-state index is 5.43. The molecule has 0 unspecified atom stereocenters. The van der Waals surface area contributed by atoms with Crippen LogP contribution in [-0.4, -0.2) is 24.4 Å². The molecule has 2 aromatic rings. The van der Waals surface area contributed by atoms with Gasteiger partial charge in [-0.25, -0.2) is 0 Å². The van der Waals surface area contributed by atoms with E-state index in [0.717, 1.165) is 35.7 Å². The predicted molar refractivity (Wildman–Crippen MR) is 96.8 cm³/mol. The Kier molecular flexibility index (Phi) is 6.01. The molecular formula is C19H27N3O2. The van der Waals surface area contributed by atoms with Crippen LogP contribution >= 0.6 is 0 Å². The molecule has 130 valence electrons. The van der Waals surface area contributed by atoms with Crippen LogP contribution in [0.3, 0.4) is 0 Å². The smallest absolute Gasteiger partial charge is 0.149 e. The number of ether oxygens (including phenoxy) is 2. The van der Waals surface area contributed by atoms with Crippen LogP contribution in [0.1, 0.15) is 44.7 Å². The number of methoxy groups -OCH3 is 2. The Labute approximate surface area is 144 Å². The summed E-state index contributed by atoms with van der Waals surface area (Å²) in [5, 5.41) is 11.7. The van der Waals surface area contributed by atoms with E-state index in [1.54, 1.807) is 14.2 Å². The molecule has 5 nitrogen and oxygen atoms in total. The number of anilines is 1. The van der Waals surface area contributed by atoms with Crippen molar-refractivity contribution >= 4 is 5.82 Å². The van der Waals surface area contributed by atoms with Gasteiger partial charge in [-0.2, -0.15) is 5.10 Å². The first kappa shape index (κ1) is 18.0. The largest absolute Gasteiger partial charge is 0.497 e. The minimum Gasteiger partial charge on any atom is -0.497 e. The van der Waals surface area contributed by atoms with Crippen molar-refractivity contribution in [2.45, 2.75) is 45.6 Å². The molecule has 5 heteroatoms. The van der Waals surface area contributed by atoms with Crippen molar-refractivity contribution < 1.29 is 9.47 Å². The van der Waals surface area contributed by atoms with Crippen LogP contribution in [0.2, 0.25) is 0 Å². The van der Waals surface area contributed by atoms with E-state index in [1.165, 1.54) is 5.56 Å². The van der Waals surface area contributed by atoms with E-state index in [9.17, 15) is 0 Å². The SMILES string of the molecule is CCCC(C)(C)c1cnnc(NCc2ccc(OC)cc2OC)c1. The van der Waals surface area contributed by atoms with Crippen LogP contribution < -0.4 is 14.8 Å². The minimum atomic E-state index is 0.0962. The van der Waals surface area contributed by atoms with Crippen LogP contribution in [0, 0.1) is 0 Å². The molecule has 0 radical (unpaired) electrons. The molecule has 1 heterocycles. The lowest BCUT2D eigenvalue weighted by Gasteiger charge is -2.24. The average Bonchev–Trinajstić information content (AvgIpc) is 2.60. The lowest BCUT2D eigenvalue weighted by Crippen LogP contribution is -2.18. The maximum Gasteiger partial charge on any atom is 0.149 e. The molecule has 0 saturated carbocycles. The number of benzene rings is 1. The van der Waals surface area contributed by atoms with Gasteiger partial charge in [0.2, 0.25) is 0 Å². The molecule has 1 aromatic heterocycles. The highest BCUT2D eigenvalue weighted by Crippen LogP contribution is 2.29. The second-order valence-electron chi connectivity index (χ2n) is 6.49. The Bertz CT molecular complexity index is 671. The highest BCUT2D eigenvalue weighted by atomic mass is 16.5. The Morgan fingerprint density at radius 2 is 1.92 bits per heavy atom. The van der Waals surface area contributed by atoms with Crippen molar-refractivity contribution in [2.24, 2.45) is 0 Å². The molecule has 0 spiro atoms.